The second-order valence-electron chi connectivity index (χ2n) is 7.37. The van der Waals surface area contributed by atoms with Crippen molar-refractivity contribution in [1.82, 2.24) is 0 Å². The number of hydrogen-bond acceptors (Lipinski definition) is 0. The van der Waals surface area contributed by atoms with Gasteiger partial charge >= 0.3 is 0 Å². The van der Waals surface area contributed by atoms with E-state index in [1.165, 1.54) is 44.5 Å². The predicted molar refractivity (Wildman–Crippen MR) is 128 cm³/mol. The lowest BCUT2D eigenvalue weighted by atomic mass is 9.85. The maximum atomic E-state index is 2.25. The number of rotatable bonds is 4. The SMILES string of the molecule is c1ccc(-c2ccccc2-c2cccc(-c3ccccc3)c2-c2ccccc2)cc1. The van der Waals surface area contributed by atoms with Gasteiger partial charge in [-0.1, -0.05) is 133 Å². The second kappa shape index (κ2) is 8.23. The van der Waals surface area contributed by atoms with Crippen LogP contribution < -0.4 is 0 Å². The zero-order chi connectivity index (χ0) is 20.2. The third-order valence-corrected chi connectivity index (χ3v) is 5.51. The molecule has 0 N–H and O–H groups in total. The summed E-state index contributed by atoms with van der Waals surface area (Å²) in [5, 5.41) is 0. The highest BCUT2D eigenvalue weighted by Gasteiger charge is 2.16. The third-order valence-electron chi connectivity index (χ3n) is 5.51. The Kier molecular flexibility index (Phi) is 4.98. The summed E-state index contributed by atoms with van der Waals surface area (Å²) in [7, 11) is 0. The molecule has 0 amide bonds. The van der Waals surface area contributed by atoms with Crippen LogP contribution in [-0.2, 0) is 0 Å². The summed E-state index contributed by atoms with van der Waals surface area (Å²) in [5.74, 6) is 0. The second-order valence-corrected chi connectivity index (χ2v) is 7.37. The van der Waals surface area contributed by atoms with Gasteiger partial charge in [-0.15, -0.1) is 0 Å². The molecule has 0 nitrogen and oxygen atoms in total. The Morgan fingerprint density at radius 3 is 1.23 bits per heavy atom. The van der Waals surface area contributed by atoms with Crippen molar-refractivity contribution >= 4 is 0 Å². The molecule has 0 radical (unpaired) electrons. The molecule has 0 heterocycles. The van der Waals surface area contributed by atoms with Gasteiger partial charge in [-0.05, 0) is 44.5 Å². The smallest absolute Gasteiger partial charge is 0.00266 e. The van der Waals surface area contributed by atoms with Gasteiger partial charge in [0.15, 0.2) is 0 Å². The monoisotopic (exact) mass is 382 g/mol. The first-order valence-electron chi connectivity index (χ1n) is 10.3. The summed E-state index contributed by atoms with van der Waals surface area (Å²) in [6.07, 6.45) is 0. The van der Waals surface area contributed by atoms with Crippen LogP contribution in [0.2, 0.25) is 0 Å². The molecular formula is C30H22. The Morgan fingerprint density at radius 1 is 0.233 bits per heavy atom. The van der Waals surface area contributed by atoms with Crippen LogP contribution in [0.3, 0.4) is 0 Å². The number of hydrogen-bond donors (Lipinski definition) is 0. The van der Waals surface area contributed by atoms with E-state index in [0.717, 1.165) is 0 Å². The van der Waals surface area contributed by atoms with Crippen molar-refractivity contribution in [2.75, 3.05) is 0 Å². The molecule has 0 spiro atoms. The molecule has 0 unspecified atom stereocenters. The van der Waals surface area contributed by atoms with E-state index >= 15 is 0 Å². The van der Waals surface area contributed by atoms with Gasteiger partial charge in [0.05, 0.1) is 0 Å². The molecule has 5 rings (SSSR count). The van der Waals surface area contributed by atoms with Crippen LogP contribution in [0.5, 0.6) is 0 Å². The largest absolute Gasteiger partial charge is 0.0622 e. The van der Waals surface area contributed by atoms with E-state index in [9.17, 15) is 0 Å². The molecule has 0 fully saturated rings. The van der Waals surface area contributed by atoms with Crippen LogP contribution in [0.25, 0.3) is 44.5 Å². The van der Waals surface area contributed by atoms with E-state index < -0.39 is 0 Å². The van der Waals surface area contributed by atoms with Gasteiger partial charge in [0, 0.05) is 0 Å². The maximum Gasteiger partial charge on any atom is -0.00266 e. The Balaban J connectivity index is 1.81. The summed E-state index contributed by atoms with van der Waals surface area (Å²) in [5.41, 5.74) is 9.97. The van der Waals surface area contributed by atoms with Crippen molar-refractivity contribution in [2.24, 2.45) is 0 Å². The molecule has 30 heavy (non-hydrogen) atoms. The van der Waals surface area contributed by atoms with Crippen molar-refractivity contribution in [3.63, 3.8) is 0 Å². The summed E-state index contributed by atoms with van der Waals surface area (Å²) in [6.45, 7) is 0. The molecule has 0 aliphatic heterocycles. The standard InChI is InChI=1S/C30H22/c1-4-13-23(14-5-1)26-19-10-11-20-28(26)29-22-12-21-27(24-15-6-2-7-16-24)30(29)25-17-8-3-9-18-25/h1-22H. The Morgan fingerprint density at radius 2 is 0.633 bits per heavy atom. The van der Waals surface area contributed by atoms with Crippen LogP contribution >= 0.6 is 0 Å². The minimum atomic E-state index is 1.23. The molecule has 0 aliphatic rings. The van der Waals surface area contributed by atoms with E-state index in [0.29, 0.717) is 0 Å². The first-order valence-corrected chi connectivity index (χ1v) is 10.3. The van der Waals surface area contributed by atoms with Crippen molar-refractivity contribution in [1.29, 1.82) is 0 Å². The van der Waals surface area contributed by atoms with Crippen molar-refractivity contribution in [3.05, 3.63) is 133 Å². The van der Waals surface area contributed by atoms with Gasteiger partial charge in [0.2, 0.25) is 0 Å². The fourth-order valence-electron chi connectivity index (χ4n) is 4.14. The van der Waals surface area contributed by atoms with Gasteiger partial charge in [0.25, 0.3) is 0 Å². The zero-order valence-electron chi connectivity index (χ0n) is 16.7. The highest BCUT2D eigenvalue weighted by atomic mass is 14.2. The van der Waals surface area contributed by atoms with Gasteiger partial charge in [-0.25, -0.2) is 0 Å². The maximum absolute atomic E-state index is 2.25. The van der Waals surface area contributed by atoms with Crippen LogP contribution in [0.15, 0.2) is 133 Å². The van der Waals surface area contributed by atoms with Crippen molar-refractivity contribution in [3.8, 4) is 44.5 Å². The minimum Gasteiger partial charge on any atom is -0.0622 e. The van der Waals surface area contributed by atoms with E-state index in [1.54, 1.807) is 0 Å². The summed E-state index contributed by atoms with van der Waals surface area (Å²) in [6, 6.07) is 47.4. The summed E-state index contributed by atoms with van der Waals surface area (Å²) in [4.78, 5) is 0. The molecule has 0 atom stereocenters. The summed E-state index contributed by atoms with van der Waals surface area (Å²) < 4.78 is 0. The predicted octanol–water partition coefficient (Wildman–Crippen LogP) is 8.35. The van der Waals surface area contributed by atoms with Gasteiger partial charge in [-0.3, -0.25) is 0 Å². The van der Waals surface area contributed by atoms with Crippen molar-refractivity contribution < 1.29 is 0 Å². The molecule has 5 aromatic carbocycles. The third kappa shape index (κ3) is 3.44. The normalized spacial score (nSPS) is 10.7. The van der Waals surface area contributed by atoms with E-state index in [-0.39, 0.29) is 0 Å². The Bertz CT molecular complexity index is 1250. The van der Waals surface area contributed by atoms with E-state index in [1.807, 2.05) is 0 Å². The molecule has 0 saturated heterocycles. The van der Waals surface area contributed by atoms with Crippen LogP contribution in [-0.4, -0.2) is 0 Å². The van der Waals surface area contributed by atoms with Gasteiger partial charge in [0.1, 0.15) is 0 Å². The lowest BCUT2D eigenvalue weighted by Gasteiger charge is -2.18. The molecule has 5 aromatic rings. The zero-order valence-corrected chi connectivity index (χ0v) is 16.7. The molecule has 0 aliphatic carbocycles. The minimum absolute atomic E-state index is 1.23. The fraction of sp³-hybridized carbons (Fsp3) is 0. The topological polar surface area (TPSA) is 0 Å². The highest BCUT2D eigenvalue weighted by molar-refractivity contribution is 5.98. The Hall–Kier alpha value is -3.90. The molecule has 0 heteroatoms. The lowest BCUT2D eigenvalue weighted by molar-refractivity contribution is 1.55. The Labute approximate surface area is 178 Å². The average molecular weight is 383 g/mol. The quantitative estimate of drug-likeness (QED) is 0.293. The molecular weight excluding hydrogens is 360 g/mol. The van der Waals surface area contributed by atoms with Crippen LogP contribution in [0.4, 0.5) is 0 Å². The fourth-order valence-corrected chi connectivity index (χ4v) is 4.14. The lowest BCUT2D eigenvalue weighted by Crippen LogP contribution is -1.92. The number of benzene rings is 5. The van der Waals surface area contributed by atoms with Crippen molar-refractivity contribution in [2.45, 2.75) is 0 Å². The first-order chi connectivity index (χ1) is 14.9. The first kappa shape index (κ1) is 18.1. The molecule has 0 saturated carbocycles. The molecule has 0 aromatic heterocycles. The highest BCUT2D eigenvalue weighted by Crippen LogP contribution is 2.42. The average Bonchev–Trinajstić information content (AvgIpc) is 2.85. The van der Waals surface area contributed by atoms with E-state index in [4.69, 9.17) is 0 Å². The molecule has 142 valence electrons. The van der Waals surface area contributed by atoms with E-state index in [2.05, 4.69) is 133 Å². The van der Waals surface area contributed by atoms with Crippen LogP contribution in [0, 0.1) is 0 Å². The van der Waals surface area contributed by atoms with Gasteiger partial charge < -0.3 is 0 Å². The summed E-state index contributed by atoms with van der Waals surface area (Å²) >= 11 is 0. The van der Waals surface area contributed by atoms with Gasteiger partial charge in [-0.2, -0.15) is 0 Å². The van der Waals surface area contributed by atoms with Crippen LogP contribution in [0.1, 0.15) is 0 Å². The molecule has 0 bridgehead atoms.